The molecule has 0 saturated carbocycles. The summed E-state index contributed by atoms with van der Waals surface area (Å²) < 4.78 is 44.7. The number of hydrogen-bond donors (Lipinski definition) is 0. The molecule has 3 aromatic rings. The molecule has 2 aromatic carbocycles. The van der Waals surface area contributed by atoms with E-state index >= 15 is 0 Å². The second-order valence-electron chi connectivity index (χ2n) is 7.38. The van der Waals surface area contributed by atoms with Crippen LogP contribution < -0.4 is 9.64 Å². The number of alkyl halides is 3. The third-order valence-corrected chi connectivity index (χ3v) is 5.26. The lowest BCUT2D eigenvalue weighted by atomic mass is 10.1. The summed E-state index contributed by atoms with van der Waals surface area (Å²) in [4.78, 5) is 13.1. The first kappa shape index (κ1) is 23.8. The van der Waals surface area contributed by atoms with Crippen LogP contribution in [0, 0.1) is 0 Å². The monoisotopic (exact) mass is 464 g/mol. The summed E-state index contributed by atoms with van der Waals surface area (Å²) in [5.41, 5.74) is 0.298. The maximum Gasteiger partial charge on any atom is 0.416 e. The Balaban J connectivity index is 0.00000289. The Morgan fingerprint density at radius 3 is 2.06 bits per heavy atom. The SMILES string of the molecule is Cl.FC(F)(F)c1ccc(OC(CN2CCN(c3ncccn3)CC2)c2ccccc2)cc1. The van der Waals surface area contributed by atoms with E-state index in [4.69, 9.17) is 4.74 Å². The van der Waals surface area contributed by atoms with Gasteiger partial charge < -0.3 is 9.64 Å². The van der Waals surface area contributed by atoms with Gasteiger partial charge in [0.05, 0.1) is 5.56 Å². The molecule has 0 N–H and O–H groups in total. The van der Waals surface area contributed by atoms with Crippen LogP contribution in [0.4, 0.5) is 19.1 Å². The first-order chi connectivity index (χ1) is 15.0. The molecular weight excluding hydrogens is 441 g/mol. The van der Waals surface area contributed by atoms with Crippen molar-refractivity contribution in [3.63, 3.8) is 0 Å². The summed E-state index contributed by atoms with van der Waals surface area (Å²) in [6, 6.07) is 16.4. The standard InChI is InChI=1S/C23H23F3N4O.ClH/c24-23(25,26)19-7-9-20(10-8-19)31-21(18-5-2-1-3-6-18)17-29-13-15-30(16-14-29)22-27-11-4-12-28-22;/h1-12,21H,13-17H2;1H. The van der Waals surface area contributed by atoms with Gasteiger partial charge in [-0.05, 0) is 35.9 Å². The normalized spacial score (nSPS) is 15.7. The van der Waals surface area contributed by atoms with Gasteiger partial charge >= 0.3 is 6.18 Å². The van der Waals surface area contributed by atoms with Crippen LogP contribution in [0.15, 0.2) is 73.1 Å². The molecule has 1 atom stereocenters. The van der Waals surface area contributed by atoms with E-state index in [1.165, 1.54) is 12.1 Å². The van der Waals surface area contributed by atoms with Crippen molar-refractivity contribution in [1.29, 1.82) is 0 Å². The average Bonchev–Trinajstić information content (AvgIpc) is 2.80. The molecule has 1 aliphatic heterocycles. The minimum absolute atomic E-state index is 0. The first-order valence-electron chi connectivity index (χ1n) is 10.1. The van der Waals surface area contributed by atoms with Gasteiger partial charge in [0.15, 0.2) is 0 Å². The van der Waals surface area contributed by atoms with Crippen molar-refractivity contribution in [2.45, 2.75) is 12.3 Å². The predicted octanol–water partition coefficient (Wildman–Crippen LogP) is 4.86. The summed E-state index contributed by atoms with van der Waals surface area (Å²) in [7, 11) is 0. The Bertz CT molecular complexity index is 950. The van der Waals surface area contributed by atoms with Gasteiger partial charge in [0.25, 0.3) is 0 Å². The lowest BCUT2D eigenvalue weighted by Gasteiger charge is -2.36. The zero-order valence-corrected chi connectivity index (χ0v) is 18.1. The Hall–Kier alpha value is -2.84. The van der Waals surface area contributed by atoms with E-state index in [2.05, 4.69) is 19.8 Å². The molecule has 32 heavy (non-hydrogen) atoms. The molecule has 4 rings (SSSR count). The van der Waals surface area contributed by atoms with Crippen LogP contribution >= 0.6 is 12.4 Å². The third-order valence-electron chi connectivity index (χ3n) is 5.26. The van der Waals surface area contributed by atoms with Crippen molar-refractivity contribution in [3.05, 3.63) is 84.2 Å². The Morgan fingerprint density at radius 2 is 1.47 bits per heavy atom. The molecule has 0 bridgehead atoms. The molecule has 0 aliphatic carbocycles. The van der Waals surface area contributed by atoms with Crippen molar-refractivity contribution < 1.29 is 17.9 Å². The van der Waals surface area contributed by atoms with Gasteiger partial charge in [-0.15, -0.1) is 12.4 Å². The van der Waals surface area contributed by atoms with Crippen LogP contribution in [0.3, 0.4) is 0 Å². The fourth-order valence-corrected chi connectivity index (χ4v) is 3.58. The Kier molecular flexibility index (Phi) is 7.93. The number of halogens is 4. The molecule has 1 aromatic heterocycles. The zero-order valence-electron chi connectivity index (χ0n) is 17.3. The Morgan fingerprint density at radius 1 is 0.844 bits per heavy atom. The largest absolute Gasteiger partial charge is 0.484 e. The van der Waals surface area contributed by atoms with Gasteiger partial charge in [0.2, 0.25) is 5.95 Å². The van der Waals surface area contributed by atoms with Crippen molar-refractivity contribution in [2.75, 3.05) is 37.6 Å². The van der Waals surface area contributed by atoms with E-state index in [-0.39, 0.29) is 18.5 Å². The molecule has 170 valence electrons. The van der Waals surface area contributed by atoms with Crippen LogP contribution in [0.5, 0.6) is 5.75 Å². The molecule has 1 aliphatic rings. The first-order valence-corrected chi connectivity index (χ1v) is 10.1. The van der Waals surface area contributed by atoms with E-state index in [1.807, 2.05) is 30.3 Å². The number of rotatable bonds is 6. The summed E-state index contributed by atoms with van der Waals surface area (Å²) in [5.74, 6) is 1.14. The number of ether oxygens (including phenoxy) is 1. The number of anilines is 1. The number of benzene rings is 2. The average molecular weight is 465 g/mol. The van der Waals surface area contributed by atoms with Gasteiger partial charge in [-0.25, -0.2) is 9.97 Å². The Labute approximate surface area is 191 Å². The summed E-state index contributed by atoms with van der Waals surface area (Å²) in [5, 5.41) is 0. The van der Waals surface area contributed by atoms with Crippen molar-refractivity contribution in [1.82, 2.24) is 14.9 Å². The van der Waals surface area contributed by atoms with E-state index in [9.17, 15) is 13.2 Å². The minimum Gasteiger partial charge on any atom is -0.484 e. The number of piperazine rings is 1. The van der Waals surface area contributed by atoms with Gasteiger partial charge in [-0.3, -0.25) is 4.90 Å². The second-order valence-corrected chi connectivity index (χ2v) is 7.38. The smallest absolute Gasteiger partial charge is 0.416 e. The topological polar surface area (TPSA) is 41.5 Å². The molecule has 1 fully saturated rings. The van der Waals surface area contributed by atoms with E-state index in [0.717, 1.165) is 49.8 Å². The highest BCUT2D eigenvalue weighted by molar-refractivity contribution is 5.85. The summed E-state index contributed by atoms with van der Waals surface area (Å²) >= 11 is 0. The van der Waals surface area contributed by atoms with Gasteiger partial charge in [0, 0.05) is 45.1 Å². The minimum atomic E-state index is -4.36. The van der Waals surface area contributed by atoms with Crippen LogP contribution in [0.1, 0.15) is 17.2 Å². The molecule has 9 heteroatoms. The third kappa shape index (κ3) is 6.11. The number of aromatic nitrogens is 2. The summed E-state index contributed by atoms with van der Waals surface area (Å²) in [6.07, 6.45) is -1.19. The number of nitrogens with zero attached hydrogens (tertiary/aromatic N) is 4. The fourth-order valence-electron chi connectivity index (χ4n) is 3.58. The molecular formula is C23H24ClF3N4O. The lowest BCUT2D eigenvalue weighted by molar-refractivity contribution is -0.137. The van der Waals surface area contributed by atoms with Gasteiger partial charge in [0.1, 0.15) is 11.9 Å². The predicted molar refractivity (Wildman–Crippen MR) is 119 cm³/mol. The van der Waals surface area contributed by atoms with Gasteiger partial charge in [-0.1, -0.05) is 30.3 Å². The summed E-state index contributed by atoms with van der Waals surface area (Å²) in [6.45, 7) is 3.86. The molecule has 0 spiro atoms. The van der Waals surface area contributed by atoms with Crippen molar-refractivity contribution >= 4 is 18.4 Å². The molecule has 1 unspecified atom stereocenters. The van der Waals surface area contributed by atoms with E-state index in [1.54, 1.807) is 18.5 Å². The number of hydrogen-bond acceptors (Lipinski definition) is 5. The lowest BCUT2D eigenvalue weighted by Crippen LogP contribution is -2.48. The molecule has 0 radical (unpaired) electrons. The highest BCUT2D eigenvalue weighted by Crippen LogP contribution is 2.31. The van der Waals surface area contributed by atoms with Crippen molar-refractivity contribution in [2.24, 2.45) is 0 Å². The maximum atomic E-state index is 12.9. The molecule has 5 nitrogen and oxygen atoms in total. The van der Waals surface area contributed by atoms with Crippen LogP contribution in [-0.4, -0.2) is 47.6 Å². The quantitative estimate of drug-likeness (QED) is 0.521. The van der Waals surface area contributed by atoms with E-state index in [0.29, 0.717) is 12.3 Å². The maximum absolute atomic E-state index is 12.9. The fraction of sp³-hybridized carbons (Fsp3) is 0.304. The van der Waals surface area contributed by atoms with Crippen LogP contribution in [-0.2, 0) is 6.18 Å². The van der Waals surface area contributed by atoms with Crippen LogP contribution in [0.25, 0.3) is 0 Å². The highest BCUT2D eigenvalue weighted by Gasteiger charge is 2.30. The highest BCUT2D eigenvalue weighted by atomic mass is 35.5. The van der Waals surface area contributed by atoms with Crippen molar-refractivity contribution in [3.8, 4) is 5.75 Å². The zero-order chi connectivity index (χ0) is 21.7. The van der Waals surface area contributed by atoms with Crippen LogP contribution in [0.2, 0.25) is 0 Å². The second kappa shape index (κ2) is 10.7. The molecule has 2 heterocycles. The molecule has 0 amide bonds. The van der Waals surface area contributed by atoms with Gasteiger partial charge in [-0.2, -0.15) is 13.2 Å². The van der Waals surface area contributed by atoms with E-state index < -0.39 is 11.7 Å². The molecule has 1 saturated heterocycles.